The van der Waals surface area contributed by atoms with Crippen molar-refractivity contribution in [2.75, 3.05) is 32.6 Å². The van der Waals surface area contributed by atoms with Gasteiger partial charge in [0.15, 0.2) is 0 Å². The van der Waals surface area contributed by atoms with E-state index < -0.39 is 5.54 Å². The molecule has 4 rings (SSSR count). The second kappa shape index (κ2) is 7.34. The summed E-state index contributed by atoms with van der Waals surface area (Å²) in [7, 11) is 3.74. The highest BCUT2D eigenvalue weighted by Gasteiger charge is 2.43. The van der Waals surface area contributed by atoms with Crippen LogP contribution >= 0.6 is 11.6 Å². The van der Waals surface area contributed by atoms with Crippen LogP contribution in [-0.2, 0) is 16.8 Å². The number of benzene rings is 1. The van der Waals surface area contributed by atoms with E-state index in [0.29, 0.717) is 23.9 Å². The molecule has 1 saturated carbocycles. The summed E-state index contributed by atoms with van der Waals surface area (Å²) in [5.41, 5.74) is 2.15. The molecule has 2 amide bonds. The first-order chi connectivity index (χ1) is 13.0. The lowest BCUT2D eigenvalue weighted by molar-refractivity contribution is 0.155. The molecule has 1 spiro atoms. The lowest BCUT2D eigenvalue weighted by Gasteiger charge is -2.42. The van der Waals surface area contributed by atoms with E-state index in [1.54, 1.807) is 7.11 Å². The Labute approximate surface area is 164 Å². The number of likely N-dealkylation sites (N-methyl/N-ethyl adjacent to an activating group) is 1. The number of anilines is 1. The fraction of sp³-hybridized carbons (Fsp3) is 0.550. The molecule has 27 heavy (non-hydrogen) atoms. The number of hydrogen-bond donors (Lipinski definition) is 2. The summed E-state index contributed by atoms with van der Waals surface area (Å²) in [5, 5.41) is 7.64. The largest absolute Gasteiger partial charge is 0.459 e. The molecule has 1 aromatic heterocycles. The molecule has 0 radical (unpaired) electrons. The van der Waals surface area contributed by atoms with Crippen molar-refractivity contribution < 1.29 is 13.9 Å². The second-order valence-corrected chi connectivity index (χ2v) is 8.10. The van der Waals surface area contributed by atoms with Crippen LogP contribution in [0.15, 0.2) is 16.5 Å². The van der Waals surface area contributed by atoms with Crippen LogP contribution in [0.25, 0.3) is 11.0 Å². The average molecular weight is 392 g/mol. The van der Waals surface area contributed by atoms with Gasteiger partial charge in [0, 0.05) is 24.6 Å². The van der Waals surface area contributed by atoms with Crippen molar-refractivity contribution in [2.24, 2.45) is 0 Å². The highest BCUT2D eigenvalue weighted by Crippen LogP contribution is 2.48. The Bertz CT molecular complexity index is 858. The normalized spacial score (nSPS) is 18.6. The van der Waals surface area contributed by atoms with Crippen molar-refractivity contribution in [3.8, 4) is 0 Å². The summed E-state index contributed by atoms with van der Waals surface area (Å²) in [5.74, 6) is 0.885. The number of ether oxygens (including phenoxy) is 1. The molecule has 1 aliphatic heterocycles. The smallest absolute Gasteiger partial charge is 0.319 e. The number of furan rings is 1. The van der Waals surface area contributed by atoms with Gasteiger partial charge >= 0.3 is 6.03 Å². The Balaban J connectivity index is 1.78. The van der Waals surface area contributed by atoms with Crippen LogP contribution in [0, 0.1) is 0 Å². The molecule has 0 unspecified atom stereocenters. The zero-order valence-electron chi connectivity index (χ0n) is 15.9. The summed E-state index contributed by atoms with van der Waals surface area (Å²) < 4.78 is 11.4. The summed E-state index contributed by atoms with van der Waals surface area (Å²) in [6.07, 6.45) is 5.18. The number of methoxy groups -OCH3 is 1. The van der Waals surface area contributed by atoms with Crippen molar-refractivity contribution in [3.63, 3.8) is 0 Å². The van der Waals surface area contributed by atoms with E-state index in [-0.39, 0.29) is 6.03 Å². The van der Waals surface area contributed by atoms with Crippen LogP contribution in [0.2, 0.25) is 5.02 Å². The number of carbonyl (C=O) groups excluding carboxylic acids is 1. The highest BCUT2D eigenvalue weighted by atomic mass is 35.5. The van der Waals surface area contributed by atoms with Crippen LogP contribution in [0.4, 0.5) is 10.5 Å². The van der Waals surface area contributed by atoms with Gasteiger partial charge in [-0.15, -0.1) is 0 Å². The van der Waals surface area contributed by atoms with Crippen molar-refractivity contribution in [1.82, 2.24) is 10.2 Å². The fourth-order valence-corrected chi connectivity index (χ4v) is 4.67. The SMILES string of the molecule is COCCN(C)Cc1cc2cc(Cl)c3c(c2o1)C1(CCCCC1)NC(=O)N3. The van der Waals surface area contributed by atoms with Crippen LogP contribution in [-0.4, -0.2) is 38.2 Å². The number of nitrogens with zero attached hydrogens (tertiary/aromatic N) is 1. The molecule has 7 heteroatoms. The predicted octanol–water partition coefficient (Wildman–Crippen LogP) is 4.46. The number of urea groups is 1. The maximum absolute atomic E-state index is 12.3. The fourth-order valence-electron chi connectivity index (χ4n) is 4.41. The van der Waals surface area contributed by atoms with Gasteiger partial charge in [0.2, 0.25) is 0 Å². The number of halogens is 1. The van der Waals surface area contributed by atoms with E-state index in [1.807, 2.05) is 13.1 Å². The number of nitrogens with one attached hydrogen (secondary N) is 2. The molecule has 2 aromatic rings. The monoisotopic (exact) mass is 391 g/mol. The van der Waals surface area contributed by atoms with Gasteiger partial charge in [-0.1, -0.05) is 30.9 Å². The molecule has 6 nitrogen and oxygen atoms in total. The number of carbonyl (C=O) groups is 1. The van der Waals surface area contributed by atoms with Gasteiger partial charge in [-0.25, -0.2) is 4.79 Å². The standard InChI is InChI=1S/C20H26ClN3O3/c1-24(8-9-26-2)12-14-10-13-11-15(21)17-16(18(13)27-14)20(23-19(25)22-17)6-4-3-5-7-20/h10-11H,3-9,12H2,1-2H3,(H2,22,23,25). The van der Waals surface area contributed by atoms with Gasteiger partial charge in [0.05, 0.1) is 29.4 Å². The van der Waals surface area contributed by atoms with Crippen molar-refractivity contribution in [1.29, 1.82) is 0 Å². The van der Waals surface area contributed by atoms with Crippen LogP contribution < -0.4 is 10.6 Å². The van der Waals surface area contributed by atoms with Gasteiger partial charge in [-0.2, -0.15) is 0 Å². The predicted molar refractivity (Wildman–Crippen MR) is 106 cm³/mol. The molecule has 1 aliphatic carbocycles. The third kappa shape index (κ3) is 3.42. The number of amides is 2. The lowest BCUT2D eigenvalue weighted by Crippen LogP contribution is -2.52. The maximum Gasteiger partial charge on any atom is 0.319 e. The van der Waals surface area contributed by atoms with E-state index >= 15 is 0 Å². The topological polar surface area (TPSA) is 66.7 Å². The average Bonchev–Trinajstić information content (AvgIpc) is 3.02. The summed E-state index contributed by atoms with van der Waals surface area (Å²) in [6.45, 7) is 2.20. The minimum absolute atomic E-state index is 0.184. The van der Waals surface area contributed by atoms with Gasteiger partial charge in [0.1, 0.15) is 11.3 Å². The van der Waals surface area contributed by atoms with E-state index in [9.17, 15) is 4.79 Å². The number of hydrogen-bond acceptors (Lipinski definition) is 4. The van der Waals surface area contributed by atoms with E-state index in [2.05, 4.69) is 21.6 Å². The molecular formula is C20H26ClN3O3. The molecule has 2 N–H and O–H groups in total. The molecule has 0 atom stereocenters. The van der Waals surface area contributed by atoms with Crippen molar-refractivity contribution >= 4 is 34.3 Å². The highest BCUT2D eigenvalue weighted by molar-refractivity contribution is 6.35. The van der Waals surface area contributed by atoms with Gasteiger partial charge in [-0.3, -0.25) is 4.90 Å². The quantitative estimate of drug-likeness (QED) is 0.789. The molecule has 2 aliphatic rings. The first-order valence-corrected chi connectivity index (χ1v) is 9.92. The molecule has 0 saturated heterocycles. The van der Waals surface area contributed by atoms with Gasteiger partial charge in [-0.05, 0) is 32.0 Å². The molecule has 2 heterocycles. The minimum atomic E-state index is -0.393. The van der Waals surface area contributed by atoms with Gasteiger partial charge in [0.25, 0.3) is 0 Å². The number of fused-ring (bicyclic) bond motifs is 4. The molecule has 146 valence electrons. The third-order valence-electron chi connectivity index (χ3n) is 5.69. The second-order valence-electron chi connectivity index (χ2n) is 7.69. The Hall–Kier alpha value is -1.76. The van der Waals surface area contributed by atoms with Crippen LogP contribution in [0.1, 0.15) is 43.4 Å². The van der Waals surface area contributed by atoms with Gasteiger partial charge < -0.3 is 19.8 Å². The van der Waals surface area contributed by atoms with E-state index in [0.717, 1.165) is 54.5 Å². The van der Waals surface area contributed by atoms with Crippen LogP contribution in [0.3, 0.4) is 0 Å². The zero-order valence-corrected chi connectivity index (χ0v) is 16.6. The molecule has 1 aromatic carbocycles. The van der Waals surface area contributed by atoms with E-state index in [1.165, 1.54) is 6.42 Å². The Morgan fingerprint density at radius 2 is 2.07 bits per heavy atom. The minimum Gasteiger partial charge on any atom is -0.459 e. The molecule has 0 bridgehead atoms. The summed E-state index contributed by atoms with van der Waals surface area (Å²) >= 11 is 6.56. The number of rotatable bonds is 5. The van der Waals surface area contributed by atoms with Crippen LogP contribution in [0.5, 0.6) is 0 Å². The van der Waals surface area contributed by atoms with E-state index in [4.69, 9.17) is 20.8 Å². The first kappa shape index (κ1) is 18.6. The third-order valence-corrected chi connectivity index (χ3v) is 5.99. The summed E-state index contributed by atoms with van der Waals surface area (Å²) in [4.78, 5) is 14.5. The first-order valence-electron chi connectivity index (χ1n) is 9.54. The Kier molecular flexibility index (Phi) is 5.05. The van der Waals surface area contributed by atoms with Crippen molar-refractivity contribution in [3.05, 3.63) is 28.5 Å². The Morgan fingerprint density at radius 1 is 1.30 bits per heavy atom. The summed E-state index contributed by atoms with van der Waals surface area (Å²) in [6, 6.07) is 3.76. The lowest BCUT2D eigenvalue weighted by atomic mass is 9.74. The zero-order chi connectivity index (χ0) is 19.0. The molecule has 1 fully saturated rings. The Morgan fingerprint density at radius 3 is 2.81 bits per heavy atom. The maximum atomic E-state index is 12.3. The van der Waals surface area contributed by atoms with Crippen molar-refractivity contribution in [2.45, 2.75) is 44.2 Å². The molecular weight excluding hydrogens is 366 g/mol.